The number of hydrogen-bond donors (Lipinski definition) is 1. The molecule has 0 aromatic heterocycles. The average Bonchev–Trinajstić information content (AvgIpc) is 2.92. The molecule has 4 aromatic carbocycles. The molecule has 196 valence electrons. The van der Waals surface area contributed by atoms with Gasteiger partial charge < -0.3 is 14.8 Å². The third kappa shape index (κ3) is 8.16. The molecular formula is C30H20Cl4N2O3. The fraction of sp³-hybridized carbons (Fsp3) is 0.0667. The summed E-state index contributed by atoms with van der Waals surface area (Å²) in [5, 5.41) is 14.5. The first-order valence-corrected chi connectivity index (χ1v) is 13.1. The molecule has 1 N–H and O–H groups in total. The van der Waals surface area contributed by atoms with E-state index in [0.717, 1.165) is 11.1 Å². The third-order valence-corrected chi connectivity index (χ3v) is 6.54. The molecule has 4 aromatic rings. The Morgan fingerprint density at radius 1 is 0.795 bits per heavy atom. The second kappa shape index (κ2) is 13.4. The monoisotopic (exact) mass is 596 g/mol. The van der Waals surface area contributed by atoms with Gasteiger partial charge >= 0.3 is 0 Å². The SMILES string of the molecule is N#C/C(=C\c1cc(Cl)ccc1OCc1ccc(Cl)cc1Cl)C(=O)Nc1ccc(OCc2ccc(Cl)cc2)cc1. The molecule has 0 radical (unpaired) electrons. The Labute approximate surface area is 246 Å². The van der Waals surface area contributed by atoms with Gasteiger partial charge in [0.2, 0.25) is 0 Å². The van der Waals surface area contributed by atoms with Crippen LogP contribution >= 0.6 is 46.4 Å². The number of nitriles is 1. The van der Waals surface area contributed by atoms with Crippen molar-refractivity contribution in [3.05, 3.63) is 127 Å². The molecule has 9 heteroatoms. The third-order valence-electron chi connectivity index (χ3n) is 5.47. The Morgan fingerprint density at radius 3 is 2.15 bits per heavy atom. The van der Waals surface area contributed by atoms with Gasteiger partial charge in [-0.15, -0.1) is 0 Å². The van der Waals surface area contributed by atoms with E-state index < -0.39 is 5.91 Å². The number of anilines is 1. The van der Waals surface area contributed by atoms with Gasteiger partial charge in [0.05, 0.1) is 0 Å². The largest absolute Gasteiger partial charge is 0.489 e. The van der Waals surface area contributed by atoms with Crippen LogP contribution in [-0.4, -0.2) is 5.91 Å². The highest BCUT2D eigenvalue weighted by atomic mass is 35.5. The molecule has 4 rings (SSSR count). The maximum absolute atomic E-state index is 12.9. The highest BCUT2D eigenvalue weighted by Crippen LogP contribution is 2.28. The summed E-state index contributed by atoms with van der Waals surface area (Å²) in [4.78, 5) is 12.9. The van der Waals surface area contributed by atoms with Gasteiger partial charge in [-0.3, -0.25) is 4.79 Å². The fourth-order valence-corrected chi connectivity index (χ4v) is 4.21. The normalized spacial score (nSPS) is 11.0. The Balaban J connectivity index is 1.43. The van der Waals surface area contributed by atoms with Gasteiger partial charge in [-0.2, -0.15) is 5.26 Å². The summed E-state index contributed by atoms with van der Waals surface area (Å²) >= 11 is 24.3. The molecule has 39 heavy (non-hydrogen) atoms. The first kappa shape index (κ1) is 28.4. The minimum Gasteiger partial charge on any atom is -0.489 e. The Kier molecular flexibility index (Phi) is 9.75. The first-order chi connectivity index (χ1) is 18.8. The molecule has 1 amide bonds. The van der Waals surface area contributed by atoms with Crippen LogP contribution in [0.1, 0.15) is 16.7 Å². The molecular weight excluding hydrogens is 578 g/mol. The quantitative estimate of drug-likeness (QED) is 0.154. The maximum atomic E-state index is 12.9. The summed E-state index contributed by atoms with van der Waals surface area (Å²) in [6.07, 6.45) is 1.42. The number of nitrogens with one attached hydrogen (secondary N) is 1. The minimum absolute atomic E-state index is 0.130. The number of amides is 1. The molecule has 5 nitrogen and oxygen atoms in total. The van der Waals surface area contributed by atoms with E-state index >= 15 is 0 Å². The zero-order valence-corrected chi connectivity index (χ0v) is 23.3. The van der Waals surface area contributed by atoms with E-state index in [-0.39, 0.29) is 12.2 Å². The average molecular weight is 598 g/mol. The summed E-state index contributed by atoms with van der Waals surface area (Å²) in [5.41, 5.74) is 2.53. The number of hydrogen-bond acceptors (Lipinski definition) is 4. The standard InChI is InChI=1S/C30H20Cl4N2O3/c31-23-4-1-19(2-5-23)17-38-27-10-8-26(9-11-27)36-30(37)22(16-35)13-21-14-24(32)7-12-29(21)39-18-20-3-6-25(33)15-28(20)34/h1-15H,17-18H2,(H,36,37)/b22-13+. The van der Waals surface area contributed by atoms with Crippen LogP contribution in [0.25, 0.3) is 6.08 Å². The molecule has 0 spiro atoms. The first-order valence-electron chi connectivity index (χ1n) is 11.6. The Bertz CT molecular complexity index is 1550. The molecule has 0 saturated heterocycles. The van der Waals surface area contributed by atoms with Gasteiger partial charge in [0.25, 0.3) is 5.91 Å². The van der Waals surface area contributed by atoms with Crippen LogP contribution in [-0.2, 0) is 18.0 Å². The highest BCUT2D eigenvalue weighted by Gasteiger charge is 2.13. The summed E-state index contributed by atoms with van der Waals surface area (Å²) in [6, 6.07) is 26.2. The van der Waals surface area contributed by atoms with E-state index in [0.29, 0.717) is 49.4 Å². The molecule has 0 unspecified atom stereocenters. The summed E-state index contributed by atoms with van der Waals surface area (Å²) in [6.45, 7) is 0.525. The molecule has 0 bridgehead atoms. The Hall–Kier alpha value is -3.66. The molecule has 0 aliphatic rings. The molecule has 0 fully saturated rings. The molecule has 0 aliphatic heterocycles. The van der Waals surface area contributed by atoms with Gasteiger partial charge in [0.1, 0.15) is 36.4 Å². The van der Waals surface area contributed by atoms with E-state index in [2.05, 4.69) is 5.32 Å². The number of nitrogens with zero attached hydrogens (tertiary/aromatic N) is 1. The van der Waals surface area contributed by atoms with Crippen LogP contribution in [0, 0.1) is 11.3 Å². The van der Waals surface area contributed by atoms with Gasteiger partial charge in [0, 0.05) is 36.9 Å². The van der Waals surface area contributed by atoms with Crippen molar-refractivity contribution in [2.75, 3.05) is 5.32 Å². The number of carbonyl (C=O) groups is 1. The van der Waals surface area contributed by atoms with Crippen molar-refractivity contribution in [1.29, 1.82) is 5.26 Å². The van der Waals surface area contributed by atoms with Crippen LogP contribution in [0.3, 0.4) is 0 Å². The van der Waals surface area contributed by atoms with Gasteiger partial charge in [0.15, 0.2) is 0 Å². The predicted molar refractivity (Wildman–Crippen MR) is 157 cm³/mol. The lowest BCUT2D eigenvalue weighted by atomic mass is 10.1. The van der Waals surface area contributed by atoms with E-state index in [9.17, 15) is 10.1 Å². The van der Waals surface area contributed by atoms with Gasteiger partial charge in [-0.25, -0.2) is 0 Å². The zero-order chi connectivity index (χ0) is 27.8. The fourth-order valence-electron chi connectivity index (χ4n) is 3.44. The highest BCUT2D eigenvalue weighted by molar-refractivity contribution is 6.35. The van der Waals surface area contributed by atoms with Crippen LogP contribution in [0.15, 0.2) is 90.5 Å². The number of halogens is 4. The molecule has 0 saturated carbocycles. The number of ether oxygens (including phenoxy) is 2. The second-order valence-corrected chi connectivity index (χ2v) is 9.99. The van der Waals surface area contributed by atoms with Crippen molar-refractivity contribution >= 4 is 64.1 Å². The topological polar surface area (TPSA) is 71.3 Å². The van der Waals surface area contributed by atoms with E-state index in [4.69, 9.17) is 55.9 Å². The van der Waals surface area contributed by atoms with E-state index in [1.165, 1.54) is 6.08 Å². The second-order valence-electron chi connectivity index (χ2n) is 8.27. The van der Waals surface area contributed by atoms with Crippen LogP contribution in [0.5, 0.6) is 11.5 Å². The van der Waals surface area contributed by atoms with Crippen molar-refractivity contribution in [2.24, 2.45) is 0 Å². The Morgan fingerprint density at radius 2 is 1.46 bits per heavy atom. The van der Waals surface area contributed by atoms with Crippen molar-refractivity contribution in [3.63, 3.8) is 0 Å². The van der Waals surface area contributed by atoms with E-state index in [1.54, 1.807) is 72.8 Å². The van der Waals surface area contributed by atoms with Crippen LogP contribution < -0.4 is 14.8 Å². The van der Waals surface area contributed by atoms with E-state index in [1.807, 2.05) is 18.2 Å². The van der Waals surface area contributed by atoms with Gasteiger partial charge in [-0.05, 0) is 78.4 Å². The predicted octanol–water partition coefficient (Wildman–Crippen LogP) is 9.00. The van der Waals surface area contributed by atoms with Crippen molar-refractivity contribution < 1.29 is 14.3 Å². The van der Waals surface area contributed by atoms with Gasteiger partial charge in [-0.1, -0.05) is 64.6 Å². The molecule has 0 aliphatic carbocycles. The number of carbonyl (C=O) groups excluding carboxylic acids is 1. The lowest BCUT2D eigenvalue weighted by Crippen LogP contribution is -2.13. The summed E-state index contributed by atoms with van der Waals surface area (Å²) in [5.74, 6) is 0.465. The van der Waals surface area contributed by atoms with Crippen molar-refractivity contribution in [2.45, 2.75) is 13.2 Å². The van der Waals surface area contributed by atoms with Crippen LogP contribution in [0.4, 0.5) is 5.69 Å². The lowest BCUT2D eigenvalue weighted by molar-refractivity contribution is -0.112. The zero-order valence-electron chi connectivity index (χ0n) is 20.3. The summed E-state index contributed by atoms with van der Waals surface area (Å²) < 4.78 is 11.7. The van der Waals surface area contributed by atoms with Crippen molar-refractivity contribution in [1.82, 2.24) is 0 Å². The number of benzene rings is 4. The number of rotatable bonds is 9. The van der Waals surface area contributed by atoms with Crippen LogP contribution in [0.2, 0.25) is 20.1 Å². The minimum atomic E-state index is -0.584. The summed E-state index contributed by atoms with van der Waals surface area (Å²) in [7, 11) is 0. The maximum Gasteiger partial charge on any atom is 0.266 e. The van der Waals surface area contributed by atoms with Crippen molar-refractivity contribution in [3.8, 4) is 17.6 Å². The smallest absolute Gasteiger partial charge is 0.266 e. The lowest BCUT2D eigenvalue weighted by Gasteiger charge is -2.12. The molecule has 0 heterocycles. The molecule has 0 atom stereocenters.